The lowest BCUT2D eigenvalue weighted by molar-refractivity contribution is 0.772. The van der Waals surface area contributed by atoms with E-state index in [4.69, 9.17) is 0 Å². The minimum Gasteiger partial charge on any atom is -0.353 e. The first-order chi connectivity index (χ1) is 8.06. The molecule has 0 amide bonds. The lowest BCUT2D eigenvalue weighted by Gasteiger charge is -2.12. The number of nitrogens with one attached hydrogen (secondary N) is 1. The van der Waals surface area contributed by atoms with Crippen LogP contribution >= 0.6 is 11.3 Å². The molecule has 2 aromatic rings. The topological polar surface area (TPSA) is 29.9 Å². The molecule has 3 nitrogen and oxygen atoms in total. The van der Waals surface area contributed by atoms with Gasteiger partial charge in [-0.25, -0.2) is 4.98 Å². The van der Waals surface area contributed by atoms with E-state index in [1.54, 1.807) is 11.3 Å². The summed E-state index contributed by atoms with van der Waals surface area (Å²) in [7, 11) is 0. The molecule has 2 aromatic heterocycles. The van der Waals surface area contributed by atoms with Crippen molar-refractivity contribution in [2.75, 3.05) is 5.32 Å². The average molecular weight is 249 g/mol. The number of hydrogen-bond acceptors (Lipinski definition) is 3. The van der Waals surface area contributed by atoms with Gasteiger partial charge in [0, 0.05) is 12.2 Å². The molecule has 0 saturated carbocycles. The molecular weight excluding hydrogens is 230 g/mol. The van der Waals surface area contributed by atoms with Crippen LogP contribution in [0.5, 0.6) is 0 Å². The zero-order valence-corrected chi connectivity index (χ0v) is 11.6. The Morgan fingerprint density at radius 3 is 2.71 bits per heavy atom. The fourth-order valence-corrected chi connectivity index (χ4v) is 2.62. The third-order valence-corrected chi connectivity index (χ3v) is 3.53. The fourth-order valence-electron chi connectivity index (χ4n) is 1.77. The molecule has 0 bridgehead atoms. The Morgan fingerprint density at radius 2 is 2.12 bits per heavy atom. The van der Waals surface area contributed by atoms with Crippen LogP contribution in [0.2, 0.25) is 0 Å². The van der Waals surface area contributed by atoms with Crippen LogP contribution in [-0.2, 0) is 6.54 Å². The number of thiophene rings is 1. The lowest BCUT2D eigenvalue weighted by Crippen LogP contribution is -2.15. The van der Waals surface area contributed by atoms with Gasteiger partial charge in [0.05, 0.1) is 12.2 Å². The third kappa shape index (κ3) is 2.88. The van der Waals surface area contributed by atoms with Gasteiger partial charge in [-0.2, -0.15) is 11.3 Å². The van der Waals surface area contributed by atoms with Crippen LogP contribution in [0.25, 0.3) is 0 Å². The highest BCUT2D eigenvalue weighted by atomic mass is 32.1. The summed E-state index contributed by atoms with van der Waals surface area (Å²) in [6.45, 7) is 9.34. The van der Waals surface area contributed by atoms with Crippen LogP contribution in [0, 0.1) is 13.8 Å². The first kappa shape index (κ1) is 12.2. The van der Waals surface area contributed by atoms with Gasteiger partial charge >= 0.3 is 0 Å². The van der Waals surface area contributed by atoms with Gasteiger partial charge in [-0.1, -0.05) is 0 Å². The van der Waals surface area contributed by atoms with Crippen molar-refractivity contribution in [2.45, 2.75) is 40.3 Å². The Hall–Kier alpha value is -1.29. The number of aryl methyl sites for hydroxylation is 2. The van der Waals surface area contributed by atoms with Gasteiger partial charge in [0.15, 0.2) is 0 Å². The summed E-state index contributed by atoms with van der Waals surface area (Å²) in [6, 6.07) is 0.402. The quantitative estimate of drug-likeness (QED) is 0.899. The Balaban J connectivity index is 2.23. The summed E-state index contributed by atoms with van der Waals surface area (Å²) in [6.07, 6.45) is 2.10. The summed E-state index contributed by atoms with van der Waals surface area (Å²) in [5, 5.41) is 7.78. The highest BCUT2D eigenvalue weighted by Gasteiger charge is 2.08. The number of rotatable bonds is 4. The van der Waals surface area contributed by atoms with E-state index in [0.29, 0.717) is 6.04 Å². The first-order valence-electron chi connectivity index (χ1n) is 5.88. The largest absolute Gasteiger partial charge is 0.353 e. The molecule has 0 spiro atoms. The van der Waals surface area contributed by atoms with E-state index in [1.165, 1.54) is 11.1 Å². The van der Waals surface area contributed by atoms with Crippen LogP contribution in [0.3, 0.4) is 0 Å². The first-order valence-corrected chi connectivity index (χ1v) is 6.82. The lowest BCUT2D eigenvalue weighted by atomic mass is 10.2. The van der Waals surface area contributed by atoms with E-state index < -0.39 is 0 Å². The SMILES string of the molecule is Cc1cn(Cc2cscc2C)c(NC(C)C)n1. The Labute approximate surface area is 107 Å². The van der Waals surface area contributed by atoms with Gasteiger partial charge in [0.1, 0.15) is 0 Å². The Bertz CT molecular complexity index is 496. The molecule has 0 aliphatic heterocycles. The van der Waals surface area contributed by atoms with E-state index in [0.717, 1.165) is 18.2 Å². The van der Waals surface area contributed by atoms with Crippen LogP contribution in [0.4, 0.5) is 5.95 Å². The van der Waals surface area contributed by atoms with Crippen LogP contribution < -0.4 is 5.32 Å². The van der Waals surface area contributed by atoms with Crippen molar-refractivity contribution in [1.82, 2.24) is 9.55 Å². The minimum absolute atomic E-state index is 0.402. The third-order valence-electron chi connectivity index (χ3n) is 2.62. The van der Waals surface area contributed by atoms with Gasteiger partial charge in [-0.05, 0) is 49.6 Å². The summed E-state index contributed by atoms with van der Waals surface area (Å²) < 4.78 is 2.18. The van der Waals surface area contributed by atoms with Crippen molar-refractivity contribution in [3.05, 3.63) is 33.8 Å². The van der Waals surface area contributed by atoms with Crippen molar-refractivity contribution in [1.29, 1.82) is 0 Å². The molecule has 0 aliphatic rings. The second-order valence-corrected chi connectivity index (χ2v) is 5.46. The zero-order chi connectivity index (χ0) is 12.4. The number of anilines is 1. The molecule has 0 fully saturated rings. The summed E-state index contributed by atoms with van der Waals surface area (Å²) in [5.41, 5.74) is 3.79. The smallest absolute Gasteiger partial charge is 0.203 e. The van der Waals surface area contributed by atoms with E-state index in [2.05, 4.69) is 52.6 Å². The van der Waals surface area contributed by atoms with E-state index in [1.807, 2.05) is 6.92 Å². The highest BCUT2D eigenvalue weighted by Crippen LogP contribution is 2.18. The van der Waals surface area contributed by atoms with Crippen molar-refractivity contribution < 1.29 is 0 Å². The normalized spacial score (nSPS) is 11.1. The molecule has 0 aliphatic carbocycles. The van der Waals surface area contributed by atoms with Crippen molar-refractivity contribution >= 4 is 17.3 Å². The molecule has 2 heterocycles. The van der Waals surface area contributed by atoms with Crippen LogP contribution in [0.15, 0.2) is 17.0 Å². The van der Waals surface area contributed by atoms with E-state index >= 15 is 0 Å². The van der Waals surface area contributed by atoms with Crippen molar-refractivity contribution in [2.24, 2.45) is 0 Å². The van der Waals surface area contributed by atoms with Crippen molar-refractivity contribution in [3.8, 4) is 0 Å². The van der Waals surface area contributed by atoms with Gasteiger partial charge in [-0.15, -0.1) is 0 Å². The van der Waals surface area contributed by atoms with Crippen molar-refractivity contribution in [3.63, 3.8) is 0 Å². The molecule has 1 N–H and O–H groups in total. The Kier molecular flexibility index (Phi) is 3.52. The molecule has 0 aromatic carbocycles. The zero-order valence-electron chi connectivity index (χ0n) is 10.8. The Morgan fingerprint density at radius 1 is 1.35 bits per heavy atom. The van der Waals surface area contributed by atoms with Gasteiger partial charge in [0.25, 0.3) is 0 Å². The van der Waals surface area contributed by atoms with Crippen LogP contribution in [-0.4, -0.2) is 15.6 Å². The number of nitrogens with zero attached hydrogens (tertiary/aromatic N) is 2. The molecule has 2 rings (SSSR count). The average Bonchev–Trinajstić information content (AvgIpc) is 2.75. The summed E-state index contributed by atoms with van der Waals surface area (Å²) in [5.74, 6) is 0.961. The molecule has 0 atom stereocenters. The highest BCUT2D eigenvalue weighted by molar-refractivity contribution is 7.08. The van der Waals surface area contributed by atoms with Crippen LogP contribution in [0.1, 0.15) is 30.7 Å². The molecule has 0 radical (unpaired) electrons. The summed E-state index contributed by atoms with van der Waals surface area (Å²) >= 11 is 1.76. The maximum absolute atomic E-state index is 4.52. The van der Waals surface area contributed by atoms with E-state index in [-0.39, 0.29) is 0 Å². The predicted octanol–water partition coefficient (Wildman–Crippen LogP) is 3.43. The number of imidazole rings is 1. The van der Waals surface area contributed by atoms with Gasteiger partial charge < -0.3 is 9.88 Å². The molecule has 0 saturated heterocycles. The van der Waals surface area contributed by atoms with E-state index in [9.17, 15) is 0 Å². The standard InChI is InChI=1S/C13H19N3S/c1-9(2)14-13-15-11(4)5-16(13)6-12-8-17-7-10(12)3/h5,7-9H,6H2,1-4H3,(H,14,15). The fraction of sp³-hybridized carbons (Fsp3) is 0.462. The molecule has 92 valence electrons. The second-order valence-electron chi connectivity index (χ2n) is 4.71. The molecule has 17 heavy (non-hydrogen) atoms. The molecular formula is C13H19N3S. The number of aromatic nitrogens is 2. The molecule has 0 unspecified atom stereocenters. The minimum atomic E-state index is 0.402. The van der Waals surface area contributed by atoms with Gasteiger partial charge in [-0.3, -0.25) is 0 Å². The summed E-state index contributed by atoms with van der Waals surface area (Å²) in [4.78, 5) is 4.52. The second kappa shape index (κ2) is 4.92. The maximum Gasteiger partial charge on any atom is 0.203 e. The van der Waals surface area contributed by atoms with Gasteiger partial charge in [0.2, 0.25) is 5.95 Å². The monoisotopic (exact) mass is 249 g/mol. The predicted molar refractivity (Wildman–Crippen MR) is 73.9 cm³/mol. The molecule has 4 heteroatoms. The maximum atomic E-state index is 4.52. The number of hydrogen-bond donors (Lipinski definition) is 1.